The van der Waals surface area contributed by atoms with Crippen molar-refractivity contribution in [1.29, 1.82) is 0 Å². The lowest BCUT2D eigenvalue weighted by molar-refractivity contribution is -0.117. The average molecular weight is 312 g/mol. The lowest BCUT2D eigenvalue weighted by atomic mass is 10.1. The van der Waals surface area contributed by atoms with Crippen LogP contribution >= 0.6 is 0 Å². The summed E-state index contributed by atoms with van der Waals surface area (Å²) in [4.78, 5) is 24.5. The summed E-state index contributed by atoms with van der Waals surface area (Å²) in [5, 5.41) is 5.49. The quantitative estimate of drug-likeness (QED) is 0.892. The van der Waals surface area contributed by atoms with Crippen molar-refractivity contribution in [3.63, 3.8) is 0 Å². The van der Waals surface area contributed by atoms with Crippen molar-refractivity contribution in [3.8, 4) is 5.75 Å². The molecule has 0 radical (unpaired) electrons. The fraction of sp³-hybridized carbons (Fsp3) is 0.222. The normalized spacial score (nSPS) is 11.4. The number of para-hydroxylation sites is 2. The molecular formula is C18H20N2O3. The Morgan fingerprint density at radius 3 is 2.39 bits per heavy atom. The Morgan fingerprint density at radius 2 is 1.70 bits per heavy atom. The zero-order chi connectivity index (χ0) is 16.8. The van der Waals surface area contributed by atoms with Crippen molar-refractivity contribution in [2.24, 2.45) is 0 Å². The van der Waals surface area contributed by atoms with Crippen molar-refractivity contribution in [1.82, 2.24) is 5.32 Å². The van der Waals surface area contributed by atoms with Gasteiger partial charge in [0.25, 0.3) is 5.91 Å². The van der Waals surface area contributed by atoms with E-state index in [1.54, 1.807) is 31.2 Å². The Morgan fingerprint density at radius 1 is 1.04 bits per heavy atom. The van der Waals surface area contributed by atoms with Crippen LogP contribution in [0.4, 0.5) is 5.69 Å². The molecule has 1 atom stereocenters. The molecule has 0 saturated carbocycles. The Balaban J connectivity index is 2.03. The van der Waals surface area contributed by atoms with Gasteiger partial charge in [0.2, 0.25) is 5.91 Å². The molecule has 0 aromatic heterocycles. The third kappa shape index (κ3) is 4.10. The SMILES string of the molecule is COc1ccccc1C(=O)NC(C)C(=O)Nc1ccccc1C. The number of ether oxygens (including phenoxy) is 1. The summed E-state index contributed by atoms with van der Waals surface area (Å²) in [7, 11) is 1.50. The number of benzene rings is 2. The van der Waals surface area contributed by atoms with Gasteiger partial charge in [-0.05, 0) is 37.6 Å². The van der Waals surface area contributed by atoms with Crippen molar-refractivity contribution >= 4 is 17.5 Å². The molecule has 2 rings (SSSR count). The molecule has 23 heavy (non-hydrogen) atoms. The van der Waals surface area contributed by atoms with Crippen LogP contribution in [0.3, 0.4) is 0 Å². The average Bonchev–Trinajstić information content (AvgIpc) is 2.56. The second-order valence-corrected chi connectivity index (χ2v) is 5.20. The van der Waals surface area contributed by atoms with E-state index in [1.807, 2.05) is 31.2 Å². The maximum Gasteiger partial charge on any atom is 0.255 e. The second kappa shape index (κ2) is 7.45. The van der Waals surface area contributed by atoms with Crippen molar-refractivity contribution < 1.29 is 14.3 Å². The van der Waals surface area contributed by atoms with Gasteiger partial charge in [-0.1, -0.05) is 30.3 Å². The molecule has 0 aliphatic carbocycles. The van der Waals surface area contributed by atoms with Crippen LogP contribution in [0.15, 0.2) is 48.5 Å². The summed E-state index contributed by atoms with van der Waals surface area (Å²) in [6.45, 7) is 3.55. The van der Waals surface area contributed by atoms with Gasteiger partial charge in [0.05, 0.1) is 12.7 Å². The van der Waals surface area contributed by atoms with Crippen LogP contribution < -0.4 is 15.4 Å². The fourth-order valence-electron chi connectivity index (χ4n) is 2.13. The Labute approximate surface area is 135 Å². The van der Waals surface area contributed by atoms with Crippen molar-refractivity contribution in [2.75, 3.05) is 12.4 Å². The first kappa shape index (κ1) is 16.5. The molecule has 5 heteroatoms. The van der Waals surface area contributed by atoms with Crippen LogP contribution in [0.25, 0.3) is 0 Å². The van der Waals surface area contributed by atoms with Crippen LogP contribution in [0, 0.1) is 6.92 Å². The summed E-state index contributed by atoms with van der Waals surface area (Å²) in [5.74, 6) is -0.158. The van der Waals surface area contributed by atoms with E-state index >= 15 is 0 Å². The predicted molar refractivity (Wildman–Crippen MR) is 89.7 cm³/mol. The molecule has 0 saturated heterocycles. The predicted octanol–water partition coefficient (Wildman–Crippen LogP) is 2.76. The van der Waals surface area contributed by atoms with E-state index < -0.39 is 6.04 Å². The second-order valence-electron chi connectivity index (χ2n) is 5.20. The molecule has 2 amide bonds. The summed E-state index contributed by atoms with van der Waals surface area (Å²) in [5.41, 5.74) is 2.09. The number of hydrogen-bond donors (Lipinski definition) is 2. The number of hydrogen-bond acceptors (Lipinski definition) is 3. The minimum absolute atomic E-state index is 0.275. The smallest absolute Gasteiger partial charge is 0.255 e. The number of rotatable bonds is 5. The van der Waals surface area contributed by atoms with Crippen LogP contribution in [-0.2, 0) is 4.79 Å². The summed E-state index contributed by atoms with van der Waals surface area (Å²) >= 11 is 0. The number of amides is 2. The van der Waals surface area contributed by atoms with Crippen molar-refractivity contribution in [3.05, 3.63) is 59.7 Å². The number of carbonyl (C=O) groups is 2. The summed E-state index contributed by atoms with van der Waals surface area (Å²) < 4.78 is 5.16. The molecule has 1 unspecified atom stereocenters. The van der Waals surface area contributed by atoms with E-state index in [-0.39, 0.29) is 11.8 Å². The highest BCUT2D eigenvalue weighted by atomic mass is 16.5. The van der Waals surface area contributed by atoms with Gasteiger partial charge in [0.15, 0.2) is 0 Å². The lowest BCUT2D eigenvalue weighted by Gasteiger charge is -2.16. The third-order valence-electron chi connectivity index (χ3n) is 3.50. The van der Waals surface area contributed by atoms with Gasteiger partial charge in [-0.25, -0.2) is 0 Å². The molecule has 0 heterocycles. The van der Waals surface area contributed by atoms with Crippen LogP contribution in [0.5, 0.6) is 5.75 Å². The fourth-order valence-corrected chi connectivity index (χ4v) is 2.13. The Kier molecular flexibility index (Phi) is 5.36. The van der Waals surface area contributed by atoms with Gasteiger partial charge in [-0.2, -0.15) is 0 Å². The highest BCUT2D eigenvalue weighted by Gasteiger charge is 2.19. The highest BCUT2D eigenvalue weighted by molar-refractivity contribution is 6.02. The summed E-state index contributed by atoms with van der Waals surface area (Å²) in [6.07, 6.45) is 0. The van der Waals surface area contributed by atoms with E-state index in [0.717, 1.165) is 11.3 Å². The first-order chi connectivity index (χ1) is 11.0. The highest BCUT2D eigenvalue weighted by Crippen LogP contribution is 2.17. The monoisotopic (exact) mass is 312 g/mol. The standard InChI is InChI=1S/C18H20N2O3/c1-12-8-4-6-10-15(12)20-17(21)13(2)19-18(22)14-9-5-7-11-16(14)23-3/h4-11,13H,1-3H3,(H,19,22)(H,20,21). The molecule has 0 fully saturated rings. The molecule has 120 valence electrons. The number of carbonyl (C=O) groups excluding carboxylic acids is 2. The van der Waals surface area contributed by atoms with Crippen LogP contribution in [-0.4, -0.2) is 25.0 Å². The van der Waals surface area contributed by atoms with E-state index in [2.05, 4.69) is 10.6 Å². The number of methoxy groups -OCH3 is 1. The van der Waals surface area contributed by atoms with Gasteiger partial charge in [0.1, 0.15) is 11.8 Å². The molecule has 0 spiro atoms. The van der Waals surface area contributed by atoms with Gasteiger partial charge in [-0.15, -0.1) is 0 Å². The molecule has 2 N–H and O–H groups in total. The Bertz CT molecular complexity index is 713. The molecule has 0 aliphatic heterocycles. The lowest BCUT2D eigenvalue weighted by Crippen LogP contribution is -2.41. The van der Waals surface area contributed by atoms with Gasteiger partial charge in [0, 0.05) is 5.69 Å². The molecule has 2 aromatic carbocycles. The minimum Gasteiger partial charge on any atom is -0.496 e. The topological polar surface area (TPSA) is 67.4 Å². The number of aryl methyl sites for hydroxylation is 1. The van der Waals surface area contributed by atoms with Gasteiger partial charge < -0.3 is 15.4 Å². The maximum atomic E-state index is 12.3. The van der Waals surface area contributed by atoms with E-state index in [9.17, 15) is 9.59 Å². The van der Waals surface area contributed by atoms with Gasteiger partial charge in [-0.3, -0.25) is 9.59 Å². The largest absolute Gasteiger partial charge is 0.496 e. The first-order valence-electron chi connectivity index (χ1n) is 7.33. The minimum atomic E-state index is -0.674. The van der Waals surface area contributed by atoms with Gasteiger partial charge >= 0.3 is 0 Å². The third-order valence-corrected chi connectivity index (χ3v) is 3.50. The van der Waals surface area contributed by atoms with Crippen molar-refractivity contribution in [2.45, 2.75) is 19.9 Å². The number of anilines is 1. The van der Waals surface area contributed by atoms with Crippen LogP contribution in [0.1, 0.15) is 22.8 Å². The van der Waals surface area contributed by atoms with Crippen LogP contribution in [0.2, 0.25) is 0 Å². The zero-order valence-corrected chi connectivity index (χ0v) is 13.4. The Hall–Kier alpha value is -2.82. The molecule has 2 aromatic rings. The van der Waals surface area contributed by atoms with E-state index in [0.29, 0.717) is 11.3 Å². The number of nitrogens with one attached hydrogen (secondary N) is 2. The maximum absolute atomic E-state index is 12.3. The van der Waals surface area contributed by atoms with E-state index in [4.69, 9.17) is 4.74 Å². The zero-order valence-electron chi connectivity index (χ0n) is 13.4. The first-order valence-corrected chi connectivity index (χ1v) is 7.33. The molecule has 5 nitrogen and oxygen atoms in total. The summed E-state index contributed by atoms with van der Waals surface area (Å²) in [6, 6.07) is 13.7. The molecule has 0 aliphatic rings. The van der Waals surface area contributed by atoms with E-state index in [1.165, 1.54) is 7.11 Å². The molecular weight excluding hydrogens is 292 g/mol. The molecule has 0 bridgehead atoms.